The molecule has 0 fully saturated rings. The van der Waals surface area contributed by atoms with Crippen molar-refractivity contribution in [2.45, 2.75) is 38.8 Å². The third-order valence-electron chi connectivity index (χ3n) is 5.42. The molecule has 0 saturated carbocycles. The van der Waals surface area contributed by atoms with Gasteiger partial charge in [-0.15, -0.1) is 0 Å². The minimum atomic E-state index is -1.63. The van der Waals surface area contributed by atoms with E-state index in [2.05, 4.69) is 17.2 Å². The number of para-hydroxylation sites is 4. The molecule has 31 heavy (non-hydrogen) atoms. The van der Waals surface area contributed by atoms with Gasteiger partial charge in [0.15, 0.2) is 5.82 Å². The van der Waals surface area contributed by atoms with E-state index >= 15 is 0 Å². The van der Waals surface area contributed by atoms with Crippen LogP contribution in [0.25, 0.3) is 22.1 Å². The van der Waals surface area contributed by atoms with Crippen LogP contribution in [0.3, 0.4) is 0 Å². The second kappa shape index (κ2) is 8.22. The number of hydrogen-bond acceptors (Lipinski definition) is 5. The van der Waals surface area contributed by atoms with E-state index in [4.69, 9.17) is 9.72 Å². The molecule has 2 aromatic heterocycles. The van der Waals surface area contributed by atoms with Gasteiger partial charge in [0.2, 0.25) is 5.60 Å². The number of nitrogens with one attached hydrogen (secondary N) is 1. The highest BCUT2D eigenvalue weighted by atomic mass is 16.6. The van der Waals surface area contributed by atoms with Crippen LogP contribution in [0.4, 0.5) is 4.79 Å². The molecule has 2 aromatic carbocycles. The predicted octanol–water partition coefficient (Wildman–Crippen LogP) is 3.83. The lowest BCUT2D eigenvalue weighted by Crippen LogP contribution is -2.46. The van der Waals surface area contributed by atoms with Gasteiger partial charge in [-0.05, 0) is 37.6 Å². The summed E-state index contributed by atoms with van der Waals surface area (Å²) in [5.41, 5.74) is 1.27. The number of aryl methyl sites for hydroxylation is 1. The Morgan fingerprint density at radius 3 is 2.45 bits per heavy atom. The Hall–Kier alpha value is -3.68. The summed E-state index contributed by atoms with van der Waals surface area (Å²) in [6.45, 7) is 4.33. The average Bonchev–Trinajstić information content (AvgIpc) is 3.39. The highest BCUT2D eigenvalue weighted by Crippen LogP contribution is 2.30. The highest BCUT2D eigenvalue weighted by Gasteiger charge is 2.44. The van der Waals surface area contributed by atoms with Gasteiger partial charge in [0, 0.05) is 13.6 Å². The molecule has 8 heteroatoms. The molecule has 4 rings (SSSR count). The Morgan fingerprint density at radius 1 is 1.06 bits per heavy atom. The number of hydrogen-bond donors (Lipinski definition) is 1. The number of ether oxygens (including phenoxy) is 1. The standard InChI is InChI=1S/C23H25N5O3/c1-4-5-14-27-19-13-9-7-11-17(19)26-20(27)23(2,21(29)24-3)31-22(30)28-15-25-16-10-6-8-12-18(16)28/h6-13,15H,4-5,14H2,1-3H3,(H,24,29). The van der Waals surface area contributed by atoms with E-state index < -0.39 is 17.6 Å². The molecule has 1 N–H and O–H groups in total. The summed E-state index contributed by atoms with van der Waals surface area (Å²) >= 11 is 0. The third kappa shape index (κ3) is 3.54. The topological polar surface area (TPSA) is 91.0 Å². The van der Waals surface area contributed by atoms with Gasteiger partial charge >= 0.3 is 6.09 Å². The maximum Gasteiger partial charge on any atom is 0.421 e. The van der Waals surface area contributed by atoms with Crippen molar-refractivity contribution >= 4 is 34.1 Å². The van der Waals surface area contributed by atoms with Gasteiger partial charge in [-0.25, -0.2) is 19.3 Å². The number of carbonyl (C=O) groups excluding carboxylic acids is 2. The van der Waals surface area contributed by atoms with Crippen molar-refractivity contribution in [2.24, 2.45) is 0 Å². The minimum Gasteiger partial charge on any atom is -0.424 e. The molecular weight excluding hydrogens is 394 g/mol. The first kappa shape index (κ1) is 20.6. The van der Waals surface area contributed by atoms with Crippen molar-refractivity contribution in [1.82, 2.24) is 24.4 Å². The lowest BCUT2D eigenvalue weighted by Gasteiger charge is -2.28. The van der Waals surface area contributed by atoms with Gasteiger partial charge in [0.05, 0.1) is 22.1 Å². The molecule has 1 unspecified atom stereocenters. The van der Waals surface area contributed by atoms with E-state index in [0.29, 0.717) is 23.4 Å². The normalized spacial score (nSPS) is 13.3. The quantitative estimate of drug-likeness (QED) is 0.513. The Kier molecular flexibility index (Phi) is 5.46. The van der Waals surface area contributed by atoms with Gasteiger partial charge in [0.25, 0.3) is 5.91 Å². The second-order valence-corrected chi connectivity index (χ2v) is 7.51. The van der Waals surface area contributed by atoms with E-state index in [0.717, 1.165) is 23.9 Å². The number of fused-ring (bicyclic) bond motifs is 2. The van der Waals surface area contributed by atoms with Crippen LogP contribution in [0.5, 0.6) is 0 Å². The molecule has 0 spiro atoms. The number of aromatic nitrogens is 4. The molecule has 0 saturated heterocycles. The molecule has 0 radical (unpaired) electrons. The van der Waals surface area contributed by atoms with Crippen molar-refractivity contribution in [1.29, 1.82) is 0 Å². The van der Waals surface area contributed by atoms with Crippen LogP contribution >= 0.6 is 0 Å². The zero-order valence-electron chi connectivity index (χ0n) is 17.8. The molecule has 160 valence electrons. The molecular formula is C23H25N5O3. The second-order valence-electron chi connectivity index (χ2n) is 7.51. The van der Waals surface area contributed by atoms with Crippen LogP contribution in [0, 0.1) is 0 Å². The number of likely N-dealkylation sites (N-methyl/N-ethyl adjacent to an activating group) is 1. The predicted molar refractivity (Wildman–Crippen MR) is 118 cm³/mol. The summed E-state index contributed by atoms with van der Waals surface area (Å²) in [6.07, 6.45) is 2.58. The van der Waals surface area contributed by atoms with Gasteiger partial charge in [-0.1, -0.05) is 37.6 Å². The number of amides is 1. The first-order chi connectivity index (χ1) is 15.0. The van der Waals surface area contributed by atoms with E-state index in [9.17, 15) is 9.59 Å². The SMILES string of the molecule is CCCCn1c(C(C)(OC(=O)n2cnc3ccccc32)C(=O)NC)nc2ccccc21. The first-order valence-electron chi connectivity index (χ1n) is 10.3. The molecule has 0 bridgehead atoms. The molecule has 0 aliphatic heterocycles. The van der Waals surface area contributed by atoms with Gasteiger partial charge in [-0.2, -0.15) is 0 Å². The van der Waals surface area contributed by atoms with Crippen molar-refractivity contribution in [3.8, 4) is 0 Å². The zero-order valence-corrected chi connectivity index (χ0v) is 17.8. The Labute approximate surface area is 179 Å². The maximum atomic E-state index is 13.2. The minimum absolute atomic E-state index is 0.388. The largest absolute Gasteiger partial charge is 0.424 e. The highest BCUT2D eigenvalue weighted by molar-refractivity contribution is 5.91. The smallest absolute Gasteiger partial charge is 0.421 e. The van der Waals surface area contributed by atoms with Gasteiger partial charge in [0.1, 0.15) is 6.33 Å². The van der Waals surface area contributed by atoms with E-state index in [-0.39, 0.29) is 0 Å². The molecule has 0 aliphatic rings. The monoisotopic (exact) mass is 419 g/mol. The summed E-state index contributed by atoms with van der Waals surface area (Å²) in [5.74, 6) is -0.0717. The third-order valence-corrected chi connectivity index (χ3v) is 5.42. The van der Waals surface area contributed by atoms with Crippen LogP contribution in [-0.4, -0.2) is 38.2 Å². The van der Waals surface area contributed by atoms with Crippen LogP contribution in [0.2, 0.25) is 0 Å². The van der Waals surface area contributed by atoms with E-state index in [1.165, 1.54) is 17.9 Å². The fourth-order valence-electron chi connectivity index (χ4n) is 3.74. The summed E-state index contributed by atoms with van der Waals surface area (Å²) in [4.78, 5) is 35.1. The van der Waals surface area contributed by atoms with Crippen molar-refractivity contribution in [3.63, 3.8) is 0 Å². The summed E-state index contributed by atoms with van der Waals surface area (Å²) < 4.78 is 9.13. The lowest BCUT2D eigenvalue weighted by atomic mass is 10.0. The van der Waals surface area contributed by atoms with E-state index in [1.54, 1.807) is 19.1 Å². The Balaban J connectivity index is 1.81. The summed E-state index contributed by atoms with van der Waals surface area (Å²) in [6, 6.07) is 14.9. The zero-order chi connectivity index (χ0) is 22.0. The lowest BCUT2D eigenvalue weighted by molar-refractivity contribution is -0.139. The van der Waals surface area contributed by atoms with Crippen molar-refractivity contribution in [3.05, 3.63) is 60.7 Å². The molecule has 1 amide bonds. The molecule has 1 atom stereocenters. The van der Waals surface area contributed by atoms with E-state index in [1.807, 2.05) is 41.0 Å². The number of imidazole rings is 2. The Bertz CT molecular complexity index is 1260. The Morgan fingerprint density at radius 2 is 1.74 bits per heavy atom. The average molecular weight is 419 g/mol. The van der Waals surface area contributed by atoms with Crippen molar-refractivity contribution in [2.75, 3.05) is 7.05 Å². The fraction of sp³-hybridized carbons (Fsp3) is 0.304. The summed E-state index contributed by atoms with van der Waals surface area (Å²) in [5, 5.41) is 2.63. The van der Waals surface area contributed by atoms with Crippen molar-refractivity contribution < 1.29 is 14.3 Å². The number of carbonyl (C=O) groups is 2. The molecule has 2 heterocycles. The van der Waals surface area contributed by atoms with Crippen LogP contribution in [-0.2, 0) is 21.7 Å². The van der Waals surface area contributed by atoms with Gasteiger partial charge < -0.3 is 14.6 Å². The number of rotatable bonds is 6. The molecule has 0 aliphatic carbocycles. The van der Waals surface area contributed by atoms with Crippen LogP contribution < -0.4 is 5.32 Å². The number of nitrogens with zero attached hydrogens (tertiary/aromatic N) is 4. The number of unbranched alkanes of at least 4 members (excludes halogenated alkanes) is 1. The fourth-order valence-corrected chi connectivity index (χ4v) is 3.74. The molecule has 4 aromatic rings. The van der Waals surface area contributed by atoms with Gasteiger partial charge in [-0.3, -0.25) is 4.79 Å². The van der Waals surface area contributed by atoms with Crippen LogP contribution in [0.1, 0.15) is 32.5 Å². The first-order valence-corrected chi connectivity index (χ1v) is 10.3. The van der Waals surface area contributed by atoms with Crippen LogP contribution in [0.15, 0.2) is 54.9 Å². The summed E-state index contributed by atoms with van der Waals surface area (Å²) in [7, 11) is 1.51. The maximum absolute atomic E-state index is 13.2. The molecule has 8 nitrogen and oxygen atoms in total. The number of benzene rings is 2.